The summed E-state index contributed by atoms with van der Waals surface area (Å²) in [6.07, 6.45) is 3.63. The number of nitrogens with zero attached hydrogens (tertiary/aromatic N) is 3. The number of imidazole rings is 1. The summed E-state index contributed by atoms with van der Waals surface area (Å²) in [5.41, 5.74) is 9.99. The first-order valence-corrected chi connectivity index (χ1v) is 6.74. The number of hydrogen-bond donors (Lipinski definition) is 1. The van der Waals surface area contributed by atoms with Gasteiger partial charge in [0.25, 0.3) is 0 Å². The summed E-state index contributed by atoms with van der Waals surface area (Å²) in [6, 6.07) is 18.0. The molecule has 0 unspecified atom stereocenters. The summed E-state index contributed by atoms with van der Waals surface area (Å²) in [6.45, 7) is 2.05. The van der Waals surface area contributed by atoms with Crippen LogP contribution < -0.4 is 5.73 Å². The Kier molecular flexibility index (Phi) is 3.51. The zero-order chi connectivity index (χ0) is 14.7. The first-order chi connectivity index (χ1) is 10.2. The molecule has 2 N–H and O–H groups in total. The van der Waals surface area contributed by atoms with Crippen molar-refractivity contribution in [1.29, 1.82) is 0 Å². The lowest BCUT2D eigenvalue weighted by atomic mass is 10.1. The van der Waals surface area contributed by atoms with Crippen molar-refractivity contribution >= 4 is 12.2 Å². The van der Waals surface area contributed by atoms with Gasteiger partial charge in [0, 0.05) is 5.56 Å². The highest BCUT2D eigenvalue weighted by Gasteiger charge is 2.05. The zero-order valence-corrected chi connectivity index (χ0v) is 11.8. The molecule has 0 aliphatic heterocycles. The molecule has 0 aliphatic rings. The smallest absolute Gasteiger partial charge is 0.221 e. The molecule has 0 bridgehead atoms. The minimum atomic E-state index is 0.374. The van der Waals surface area contributed by atoms with E-state index in [1.54, 1.807) is 10.9 Å². The van der Waals surface area contributed by atoms with Crippen molar-refractivity contribution in [2.75, 3.05) is 5.73 Å². The van der Waals surface area contributed by atoms with Gasteiger partial charge in [-0.15, -0.1) is 0 Å². The van der Waals surface area contributed by atoms with E-state index >= 15 is 0 Å². The van der Waals surface area contributed by atoms with Crippen molar-refractivity contribution in [3.63, 3.8) is 0 Å². The van der Waals surface area contributed by atoms with Crippen LogP contribution in [0.4, 0.5) is 5.95 Å². The maximum atomic E-state index is 5.92. The molecule has 0 saturated carbocycles. The van der Waals surface area contributed by atoms with Crippen LogP contribution in [0.2, 0.25) is 0 Å². The Labute approximate surface area is 123 Å². The van der Waals surface area contributed by atoms with Crippen LogP contribution in [0.1, 0.15) is 11.1 Å². The highest BCUT2D eigenvalue weighted by atomic mass is 15.4. The van der Waals surface area contributed by atoms with Crippen molar-refractivity contribution in [2.45, 2.75) is 6.92 Å². The highest BCUT2D eigenvalue weighted by molar-refractivity contribution is 5.81. The number of aromatic nitrogens is 2. The second-order valence-electron chi connectivity index (χ2n) is 4.80. The Hall–Kier alpha value is -2.88. The summed E-state index contributed by atoms with van der Waals surface area (Å²) in [7, 11) is 0. The maximum Gasteiger partial charge on any atom is 0.221 e. The van der Waals surface area contributed by atoms with E-state index in [0.29, 0.717) is 5.95 Å². The molecule has 0 atom stereocenters. The molecule has 2 aromatic carbocycles. The van der Waals surface area contributed by atoms with Gasteiger partial charge in [-0.2, -0.15) is 5.10 Å². The Morgan fingerprint density at radius 2 is 1.76 bits per heavy atom. The van der Waals surface area contributed by atoms with Crippen LogP contribution in [0.15, 0.2) is 65.9 Å². The van der Waals surface area contributed by atoms with Crippen molar-refractivity contribution in [2.24, 2.45) is 5.10 Å². The zero-order valence-electron chi connectivity index (χ0n) is 11.8. The quantitative estimate of drug-likeness (QED) is 0.746. The monoisotopic (exact) mass is 276 g/mol. The molecule has 21 heavy (non-hydrogen) atoms. The van der Waals surface area contributed by atoms with Gasteiger partial charge in [0.2, 0.25) is 5.95 Å². The number of benzene rings is 2. The van der Waals surface area contributed by atoms with Gasteiger partial charge in [-0.05, 0) is 18.1 Å². The van der Waals surface area contributed by atoms with Gasteiger partial charge in [0.05, 0.1) is 18.1 Å². The van der Waals surface area contributed by atoms with E-state index in [0.717, 1.165) is 16.8 Å². The first kappa shape index (κ1) is 13.1. The molecule has 4 nitrogen and oxygen atoms in total. The van der Waals surface area contributed by atoms with E-state index in [1.165, 1.54) is 5.56 Å². The molecule has 1 heterocycles. The topological polar surface area (TPSA) is 56.2 Å². The third-order valence-electron chi connectivity index (χ3n) is 3.29. The molecule has 3 rings (SSSR count). The van der Waals surface area contributed by atoms with Gasteiger partial charge >= 0.3 is 0 Å². The molecule has 0 saturated heterocycles. The highest BCUT2D eigenvalue weighted by Crippen LogP contribution is 2.19. The van der Waals surface area contributed by atoms with Crippen LogP contribution in [-0.2, 0) is 0 Å². The molecule has 3 aromatic rings. The van der Waals surface area contributed by atoms with E-state index < -0.39 is 0 Å². The molecule has 0 amide bonds. The third kappa shape index (κ3) is 2.84. The number of aryl methyl sites for hydroxylation is 1. The summed E-state index contributed by atoms with van der Waals surface area (Å²) in [4.78, 5) is 4.34. The number of nitrogens with two attached hydrogens (primary N) is 1. The first-order valence-electron chi connectivity index (χ1n) is 6.74. The standard InChI is InChI=1S/C17H16N4/c1-13-7-5-6-10-15(13)11-19-21-12-16(20-17(21)18)14-8-3-2-4-9-14/h2-12H,1H3,(H2,18,20)/b19-11+. The fraction of sp³-hybridized carbons (Fsp3) is 0.0588. The van der Waals surface area contributed by atoms with Crippen molar-refractivity contribution in [3.05, 3.63) is 71.9 Å². The van der Waals surface area contributed by atoms with Gasteiger partial charge in [-0.25, -0.2) is 9.66 Å². The molecule has 0 fully saturated rings. The Bertz CT molecular complexity index is 772. The predicted octanol–water partition coefficient (Wildman–Crippen LogP) is 3.32. The average molecular weight is 276 g/mol. The van der Waals surface area contributed by atoms with Gasteiger partial charge in [0.1, 0.15) is 0 Å². The predicted molar refractivity (Wildman–Crippen MR) is 86.2 cm³/mol. The van der Waals surface area contributed by atoms with Crippen LogP contribution in [0.5, 0.6) is 0 Å². The molecule has 1 aromatic heterocycles. The second-order valence-corrected chi connectivity index (χ2v) is 4.80. The van der Waals surface area contributed by atoms with Crippen LogP contribution in [0, 0.1) is 6.92 Å². The second kappa shape index (κ2) is 5.63. The van der Waals surface area contributed by atoms with Crippen molar-refractivity contribution in [1.82, 2.24) is 9.66 Å². The fourth-order valence-corrected chi connectivity index (χ4v) is 2.08. The molecule has 0 aliphatic carbocycles. The Balaban J connectivity index is 1.91. The van der Waals surface area contributed by atoms with E-state index in [-0.39, 0.29) is 0 Å². The SMILES string of the molecule is Cc1ccccc1/C=N/n1cc(-c2ccccc2)nc1N. The lowest BCUT2D eigenvalue weighted by Gasteiger charge is -1.98. The summed E-state index contributed by atoms with van der Waals surface area (Å²) < 4.78 is 1.59. The molecule has 104 valence electrons. The Morgan fingerprint density at radius 3 is 2.52 bits per heavy atom. The molecular formula is C17H16N4. The van der Waals surface area contributed by atoms with Crippen molar-refractivity contribution < 1.29 is 0 Å². The van der Waals surface area contributed by atoms with Gasteiger partial charge in [-0.1, -0.05) is 54.6 Å². The number of anilines is 1. The van der Waals surface area contributed by atoms with Gasteiger partial charge in [-0.3, -0.25) is 0 Å². The minimum absolute atomic E-state index is 0.374. The Morgan fingerprint density at radius 1 is 1.05 bits per heavy atom. The van der Waals surface area contributed by atoms with Crippen LogP contribution >= 0.6 is 0 Å². The van der Waals surface area contributed by atoms with E-state index in [9.17, 15) is 0 Å². The van der Waals surface area contributed by atoms with Crippen LogP contribution in [0.25, 0.3) is 11.3 Å². The number of rotatable bonds is 3. The fourth-order valence-electron chi connectivity index (χ4n) is 2.08. The summed E-state index contributed by atoms with van der Waals surface area (Å²) >= 11 is 0. The van der Waals surface area contributed by atoms with Gasteiger partial charge in [0.15, 0.2) is 0 Å². The number of nitrogen functional groups attached to an aromatic ring is 1. The lowest BCUT2D eigenvalue weighted by molar-refractivity contribution is 0.898. The molecule has 0 spiro atoms. The molecule has 4 heteroatoms. The van der Waals surface area contributed by atoms with Gasteiger partial charge < -0.3 is 5.73 Å². The minimum Gasteiger partial charge on any atom is -0.368 e. The normalized spacial score (nSPS) is 11.1. The summed E-state index contributed by atoms with van der Waals surface area (Å²) in [5.74, 6) is 0.374. The van der Waals surface area contributed by atoms with Crippen LogP contribution in [0.3, 0.4) is 0 Å². The van der Waals surface area contributed by atoms with Crippen molar-refractivity contribution in [3.8, 4) is 11.3 Å². The largest absolute Gasteiger partial charge is 0.368 e. The number of hydrogen-bond acceptors (Lipinski definition) is 3. The molecular weight excluding hydrogens is 260 g/mol. The van der Waals surface area contributed by atoms with E-state index in [1.807, 2.05) is 67.7 Å². The lowest BCUT2D eigenvalue weighted by Crippen LogP contribution is -1.97. The van der Waals surface area contributed by atoms with E-state index in [2.05, 4.69) is 10.1 Å². The maximum absolute atomic E-state index is 5.92. The third-order valence-corrected chi connectivity index (χ3v) is 3.29. The molecule has 0 radical (unpaired) electrons. The van der Waals surface area contributed by atoms with Crippen LogP contribution in [-0.4, -0.2) is 15.9 Å². The van der Waals surface area contributed by atoms with E-state index in [4.69, 9.17) is 5.73 Å². The average Bonchev–Trinajstić information content (AvgIpc) is 2.89. The summed E-state index contributed by atoms with van der Waals surface area (Å²) in [5, 5.41) is 4.39.